The Labute approximate surface area is 149 Å². The molecule has 0 atom stereocenters. The van der Waals surface area contributed by atoms with Gasteiger partial charge in [0.15, 0.2) is 0 Å². The van der Waals surface area contributed by atoms with Crippen molar-refractivity contribution in [3.05, 3.63) is 0 Å². The number of methoxy groups -OCH3 is 1. The van der Waals surface area contributed by atoms with E-state index < -0.39 is 0 Å². The van der Waals surface area contributed by atoms with Gasteiger partial charge in [0, 0.05) is 20.2 Å². The molecule has 3 aliphatic rings. The Bertz CT molecular complexity index is 330. The maximum Gasteiger partial charge on any atom is 0.0589 e. The lowest BCUT2D eigenvalue weighted by Crippen LogP contribution is -2.41. The number of ether oxygens (including phenoxy) is 1. The number of rotatable bonds is 7. The minimum absolute atomic E-state index is 0.889. The van der Waals surface area contributed by atoms with Gasteiger partial charge in [-0.25, -0.2) is 0 Å². The minimum atomic E-state index is 0.889. The topological polar surface area (TPSA) is 27.7 Å². The van der Waals surface area contributed by atoms with Crippen LogP contribution in [-0.4, -0.2) is 75.9 Å². The molecule has 0 unspecified atom stereocenters. The van der Waals surface area contributed by atoms with Crippen LogP contribution in [0.1, 0.15) is 44.9 Å². The highest BCUT2D eigenvalue weighted by molar-refractivity contribution is 4.80. The number of hydrogen-bond acceptors (Lipinski definition) is 4. The average molecular weight is 338 g/mol. The molecule has 0 radical (unpaired) electrons. The first kappa shape index (κ1) is 18.6. The van der Waals surface area contributed by atoms with Crippen molar-refractivity contribution in [3.63, 3.8) is 0 Å². The average Bonchev–Trinajstić information content (AvgIpc) is 2.64. The van der Waals surface area contributed by atoms with Crippen molar-refractivity contribution in [1.82, 2.24) is 15.1 Å². The Morgan fingerprint density at radius 1 is 0.792 bits per heavy atom. The molecule has 0 aromatic heterocycles. The van der Waals surface area contributed by atoms with Gasteiger partial charge in [0.2, 0.25) is 0 Å². The van der Waals surface area contributed by atoms with E-state index in [2.05, 4.69) is 15.1 Å². The van der Waals surface area contributed by atoms with Gasteiger partial charge in [-0.05, 0) is 102 Å². The van der Waals surface area contributed by atoms with Crippen LogP contribution in [0, 0.1) is 17.8 Å². The lowest BCUT2D eigenvalue weighted by molar-refractivity contribution is 0.101. The second-order valence-electron chi connectivity index (χ2n) is 8.45. The number of hydrogen-bond donors (Lipinski definition) is 1. The summed E-state index contributed by atoms with van der Waals surface area (Å²) < 4.78 is 5.21. The fourth-order valence-corrected chi connectivity index (χ4v) is 4.97. The lowest BCUT2D eigenvalue weighted by Gasteiger charge is -2.38. The summed E-state index contributed by atoms with van der Waals surface area (Å²) in [5.74, 6) is 2.95. The van der Waals surface area contributed by atoms with Crippen LogP contribution in [0.4, 0.5) is 0 Å². The Morgan fingerprint density at radius 3 is 1.96 bits per heavy atom. The largest absolute Gasteiger partial charge is 0.383 e. The Morgan fingerprint density at radius 2 is 1.38 bits per heavy atom. The normalized spacial score (nSPS) is 26.9. The van der Waals surface area contributed by atoms with E-state index in [9.17, 15) is 0 Å². The molecule has 0 aromatic carbocycles. The molecular formula is C20H39N3O. The second kappa shape index (κ2) is 10.1. The number of likely N-dealkylation sites (tertiary alicyclic amines) is 2. The third-order valence-electron chi connectivity index (χ3n) is 6.67. The summed E-state index contributed by atoms with van der Waals surface area (Å²) in [5, 5.41) is 3.49. The van der Waals surface area contributed by atoms with Crippen molar-refractivity contribution in [2.24, 2.45) is 17.8 Å². The quantitative estimate of drug-likeness (QED) is 0.772. The van der Waals surface area contributed by atoms with Crippen LogP contribution in [0.2, 0.25) is 0 Å². The van der Waals surface area contributed by atoms with Gasteiger partial charge in [-0.3, -0.25) is 0 Å². The zero-order valence-corrected chi connectivity index (χ0v) is 15.8. The van der Waals surface area contributed by atoms with Crippen LogP contribution in [0.25, 0.3) is 0 Å². The molecule has 0 bridgehead atoms. The van der Waals surface area contributed by atoms with Crippen molar-refractivity contribution in [3.8, 4) is 0 Å². The first-order chi connectivity index (χ1) is 11.8. The third kappa shape index (κ3) is 5.98. The molecule has 3 saturated heterocycles. The minimum Gasteiger partial charge on any atom is -0.383 e. The van der Waals surface area contributed by atoms with Crippen molar-refractivity contribution < 1.29 is 4.74 Å². The van der Waals surface area contributed by atoms with Gasteiger partial charge in [-0.1, -0.05) is 0 Å². The maximum atomic E-state index is 5.21. The van der Waals surface area contributed by atoms with Crippen molar-refractivity contribution >= 4 is 0 Å². The third-order valence-corrected chi connectivity index (χ3v) is 6.67. The standard InChI is InChI=1S/C20H39N3O/c1-24-15-14-22-10-4-18(5-11-22)16-19-6-12-23(13-7-19)17-20-2-8-21-9-3-20/h18-21H,2-17H2,1H3. The summed E-state index contributed by atoms with van der Waals surface area (Å²) in [6.07, 6.45) is 10.0. The molecular weight excluding hydrogens is 298 g/mol. The highest BCUT2D eigenvalue weighted by Gasteiger charge is 2.26. The fraction of sp³-hybridized carbons (Fsp3) is 1.00. The Hall–Kier alpha value is -0.160. The van der Waals surface area contributed by atoms with Crippen LogP contribution in [0.3, 0.4) is 0 Å². The van der Waals surface area contributed by atoms with E-state index in [1.165, 1.54) is 90.8 Å². The first-order valence-corrected chi connectivity index (χ1v) is 10.5. The van der Waals surface area contributed by atoms with Gasteiger partial charge in [0.1, 0.15) is 0 Å². The smallest absolute Gasteiger partial charge is 0.0589 e. The van der Waals surface area contributed by atoms with Crippen LogP contribution in [0.5, 0.6) is 0 Å². The summed E-state index contributed by atoms with van der Waals surface area (Å²) in [6.45, 7) is 11.2. The van der Waals surface area contributed by atoms with Crippen molar-refractivity contribution in [2.75, 3.05) is 66.1 Å². The summed E-state index contributed by atoms with van der Waals surface area (Å²) in [4.78, 5) is 5.35. The van der Waals surface area contributed by atoms with E-state index in [4.69, 9.17) is 4.74 Å². The number of nitrogens with one attached hydrogen (secondary N) is 1. The molecule has 3 rings (SSSR count). The number of nitrogens with zero attached hydrogens (tertiary/aromatic N) is 2. The van der Waals surface area contributed by atoms with Gasteiger partial charge < -0.3 is 19.9 Å². The van der Waals surface area contributed by atoms with E-state index in [0.717, 1.165) is 30.9 Å². The molecule has 0 aromatic rings. The van der Waals surface area contributed by atoms with E-state index in [1.807, 2.05) is 7.11 Å². The van der Waals surface area contributed by atoms with Crippen LogP contribution < -0.4 is 5.32 Å². The first-order valence-electron chi connectivity index (χ1n) is 10.5. The van der Waals surface area contributed by atoms with Crippen LogP contribution in [-0.2, 0) is 4.74 Å². The fourth-order valence-electron chi connectivity index (χ4n) is 4.97. The Balaban J connectivity index is 1.28. The van der Waals surface area contributed by atoms with Gasteiger partial charge in [-0.15, -0.1) is 0 Å². The monoisotopic (exact) mass is 337 g/mol. The van der Waals surface area contributed by atoms with E-state index >= 15 is 0 Å². The molecule has 3 aliphatic heterocycles. The number of piperidine rings is 3. The summed E-state index contributed by atoms with van der Waals surface area (Å²) in [5.41, 5.74) is 0. The molecule has 4 heteroatoms. The van der Waals surface area contributed by atoms with Crippen LogP contribution in [0.15, 0.2) is 0 Å². The van der Waals surface area contributed by atoms with Crippen molar-refractivity contribution in [1.29, 1.82) is 0 Å². The zero-order valence-electron chi connectivity index (χ0n) is 15.8. The molecule has 24 heavy (non-hydrogen) atoms. The summed E-state index contributed by atoms with van der Waals surface area (Å²) in [7, 11) is 1.81. The van der Waals surface area contributed by atoms with Crippen LogP contribution >= 0.6 is 0 Å². The van der Waals surface area contributed by atoms with E-state index in [1.54, 1.807) is 0 Å². The second-order valence-corrected chi connectivity index (χ2v) is 8.45. The molecule has 0 saturated carbocycles. The molecule has 4 nitrogen and oxygen atoms in total. The summed E-state index contributed by atoms with van der Waals surface area (Å²) >= 11 is 0. The van der Waals surface area contributed by atoms with E-state index in [-0.39, 0.29) is 0 Å². The van der Waals surface area contributed by atoms with Gasteiger partial charge in [0.05, 0.1) is 6.61 Å². The highest BCUT2D eigenvalue weighted by atomic mass is 16.5. The van der Waals surface area contributed by atoms with Gasteiger partial charge >= 0.3 is 0 Å². The molecule has 0 aliphatic carbocycles. The summed E-state index contributed by atoms with van der Waals surface area (Å²) in [6, 6.07) is 0. The highest BCUT2D eigenvalue weighted by Crippen LogP contribution is 2.30. The van der Waals surface area contributed by atoms with Gasteiger partial charge in [-0.2, -0.15) is 0 Å². The predicted molar refractivity (Wildman–Crippen MR) is 100 cm³/mol. The molecule has 140 valence electrons. The van der Waals surface area contributed by atoms with E-state index in [0.29, 0.717) is 0 Å². The Kier molecular flexibility index (Phi) is 7.84. The lowest BCUT2D eigenvalue weighted by atomic mass is 9.82. The van der Waals surface area contributed by atoms with Crippen molar-refractivity contribution in [2.45, 2.75) is 44.9 Å². The molecule has 0 spiro atoms. The molecule has 0 amide bonds. The molecule has 3 fully saturated rings. The molecule has 3 heterocycles. The SMILES string of the molecule is COCCN1CCC(CC2CCN(CC3CCNCC3)CC2)CC1. The predicted octanol–water partition coefficient (Wildman–Crippen LogP) is 2.45. The van der Waals surface area contributed by atoms with Gasteiger partial charge in [0.25, 0.3) is 0 Å². The maximum absolute atomic E-state index is 5.21. The zero-order chi connectivity index (χ0) is 16.6. The molecule has 1 N–H and O–H groups in total.